The number of anilines is 2. The summed E-state index contributed by atoms with van der Waals surface area (Å²) in [6.45, 7) is 33.6. The summed E-state index contributed by atoms with van der Waals surface area (Å²) in [5.41, 5.74) is 16.1. The molecule has 1 aromatic rings. The van der Waals surface area contributed by atoms with E-state index < -0.39 is 0 Å². The Morgan fingerprint density at radius 3 is 1.71 bits per heavy atom. The molecular formula is C32H72N6O3. The topological polar surface area (TPSA) is 172 Å². The molecule has 0 radical (unpaired) electrons. The van der Waals surface area contributed by atoms with Crippen LogP contribution in [0.5, 0.6) is 0 Å². The number of aliphatic hydroxyl groups is 1. The molecule has 248 valence electrons. The minimum atomic E-state index is -0.193. The van der Waals surface area contributed by atoms with E-state index in [-0.39, 0.29) is 5.91 Å². The van der Waals surface area contributed by atoms with Crippen molar-refractivity contribution in [3.63, 3.8) is 0 Å². The zero-order chi connectivity index (χ0) is 34.1. The molecule has 0 saturated heterocycles. The average molecular weight is 589 g/mol. The number of amides is 1. The second-order valence-electron chi connectivity index (χ2n) is 7.92. The number of aromatic nitrogens is 1. The second-order valence-corrected chi connectivity index (χ2v) is 7.92. The molecule has 0 saturated carbocycles. The van der Waals surface area contributed by atoms with Gasteiger partial charge in [0, 0.05) is 30.1 Å². The van der Waals surface area contributed by atoms with Crippen LogP contribution in [0.1, 0.15) is 108 Å². The van der Waals surface area contributed by atoms with Crippen LogP contribution >= 0.6 is 0 Å². The van der Waals surface area contributed by atoms with Crippen molar-refractivity contribution in [3.05, 3.63) is 23.2 Å². The first-order valence-corrected chi connectivity index (χ1v) is 15.2. The Morgan fingerprint density at radius 1 is 1.00 bits per heavy atom. The van der Waals surface area contributed by atoms with E-state index in [1.165, 1.54) is 7.05 Å². The summed E-state index contributed by atoms with van der Waals surface area (Å²) in [5, 5.41) is 16.5. The molecule has 1 rings (SSSR count). The Morgan fingerprint density at radius 2 is 1.46 bits per heavy atom. The van der Waals surface area contributed by atoms with Crippen molar-refractivity contribution in [2.24, 2.45) is 17.4 Å². The van der Waals surface area contributed by atoms with E-state index >= 15 is 0 Å². The molecule has 0 aliphatic carbocycles. The number of nitrogens with two attached hydrogens (primary N) is 3. The number of hydrogen-bond donors (Lipinski definition) is 7. The largest absolute Gasteiger partial charge is 0.396 e. The highest BCUT2D eigenvalue weighted by atomic mass is 16.3. The van der Waals surface area contributed by atoms with Gasteiger partial charge in [0.25, 0.3) is 0 Å². The van der Waals surface area contributed by atoms with Gasteiger partial charge in [-0.1, -0.05) is 107 Å². The van der Waals surface area contributed by atoms with E-state index in [2.05, 4.69) is 69.1 Å². The Balaban J connectivity index is -0.0000000755. The van der Waals surface area contributed by atoms with E-state index in [1.807, 2.05) is 47.5 Å². The summed E-state index contributed by atoms with van der Waals surface area (Å²) >= 11 is 0. The van der Waals surface area contributed by atoms with E-state index in [9.17, 15) is 4.79 Å². The maximum atomic E-state index is 9.98. The van der Waals surface area contributed by atoms with E-state index in [1.54, 1.807) is 6.08 Å². The first-order chi connectivity index (χ1) is 19.7. The minimum absolute atomic E-state index is 0.193. The van der Waals surface area contributed by atoms with Gasteiger partial charge in [-0.15, -0.1) is 0 Å². The van der Waals surface area contributed by atoms with Gasteiger partial charge < -0.3 is 42.7 Å². The van der Waals surface area contributed by atoms with Crippen LogP contribution in [0.4, 0.5) is 11.5 Å². The number of aliphatic hydroxyl groups excluding tert-OH is 1. The number of nitrogens with one attached hydrogen (secondary N) is 3. The van der Waals surface area contributed by atoms with Crippen LogP contribution in [0.3, 0.4) is 0 Å². The molecule has 1 aromatic heterocycles. The van der Waals surface area contributed by atoms with Crippen molar-refractivity contribution in [3.8, 4) is 0 Å². The summed E-state index contributed by atoms with van der Waals surface area (Å²) in [7, 11) is 1.50. The van der Waals surface area contributed by atoms with Gasteiger partial charge in [0.2, 0.25) is 5.91 Å². The number of unbranched alkanes of at least 4 members (excludes halogenated alkanes) is 2. The number of H-pyrrole nitrogens is 1. The first-order valence-electron chi connectivity index (χ1n) is 15.2. The van der Waals surface area contributed by atoms with Gasteiger partial charge in [0.05, 0.1) is 5.69 Å². The van der Waals surface area contributed by atoms with Crippen molar-refractivity contribution >= 4 is 36.9 Å². The average Bonchev–Trinajstić information content (AvgIpc) is 3.25. The molecule has 0 bridgehead atoms. The van der Waals surface area contributed by atoms with E-state index in [0.717, 1.165) is 68.0 Å². The monoisotopic (exact) mass is 589 g/mol. The van der Waals surface area contributed by atoms with Crippen LogP contribution in [0.25, 0.3) is 12.7 Å². The fourth-order valence-corrected chi connectivity index (χ4v) is 2.33. The number of hydrogen-bond acceptors (Lipinski definition) is 7. The lowest BCUT2D eigenvalue weighted by Gasteiger charge is -2.03. The molecule has 0 aliphatic heterocycles. The molecule has 0 spiro atoms. The Hall–Kier alpha value is -2.62. The number of allylic oxidation sites excluding steroid dienone is 1. The van der Waals surface area contributed by atoms with Gasteiger partial charge in [-0.3, -0.25) is 4.79 Å². The highest BCUT2D eigenvalue weighted by Gasteiger charge is 2.03. The predicted octanol–water partition coefficient (Wildman–Crippen LogP) is 4.93. The molecule has 0 fully saturated rings. The van der Waals surface area contributed by atoms with E-state index in [0.29, 0.717) is 24.8 Å². The maximum Gasteiger partial charge on any atom is 0.217 e. The van der Waals surface area contributed by atoms with Crippen LogP contribution in [0, 0.1) is 5.92 Å². The number of primary amides is 1. The molecule has 1 heterocycles. The number of aromatic amines is 1. The molecule has 0 atom stereocenters. The molecule has 10 N–H and O–H groups in total. The van der Waals surface area contributed by atoms with Gasteiger partial charge in [-0.25, -0.2) is 0 Å². The summed E-state index contributed by atoms with van der Waals surface area (Å²) in [6.07, 6.45) is 9.38. The molecule has 0 unspecified atom stereocenters. The second kappa shape index (κ2) is 53.6. The quantitative estimate of drug-likeness (QED) is 0.170. The highest BCUT2D eigenvalue weighted by Crippen LogP contribution is 2.07. The number of carbonyl (C=O) groups excluding carboxylic acids is 2. The third-order valence-electron chi connectivity index (χ3n) is 4.25. The Bertz CT molecular complexity index is 705. The summed E-state index contributed by atoms with van der Waals surface area (Å²) in [5.74, 6) is 1.10. The third kappa shape index (κ3) is 50.7. The lowest BCUT2D eigenvalue weighted by atomic mass is 10.2. The molecule has 41 heavy (non-hydrogen) atoms. The van der Waals surface area contributed by atoms with Crippen LogP contribution in [0.2, 0.25) is 0 Å². The van der Waals surface area contributed by atoms with Crippen molar-refractivity contribution in [1.29, 1.82) is 0 Å². The minimum Gasteiger partial charge on any atom is -0.396 e. The van der Waals surface area contributed by atoms with Crippen molar-refractivity contribution in [1.82, 2.24) is 10.3 Å². The Kier molecular flexibility index (Phi) is 71.2. The zero-order valence-electron chi connectivity index (χ0n) is 28.9. The molecule has 0 aromatic carbocycles. The lowest BCUT2D eigenvalue weighted by molar-refractivity contribution is -0.118. The van der Waals surface area contributed by atoms with Crippen molar-refractivity contribution in [2.45, 2.75) is 108 Å². The summed E-state index contributed by atoms with van der Waals surface area (Å²) in [6, 6.07) is 0. The molecule has 0 aliphatic rings. The van der Waals surface area contributed by atoms with Crippen LogP contribution in [-0.2, 0) is 9.59 Å². The van der Waals surface area contributed by atoms with Gasteiger partial charge in [0.1, 0.15) is 12.6 Å². The van der Waals surface area contributed by atoms with Gasteiger partial charge in [-0.2, -0.15) is 0 Å². The van der Waals surface area contributed by atoms with E-state index in [4.69, 9.17) is 21.4 Å². The van der Waals surface area contributed by atoms with Gasteiger partial charge in [-0.05, 0) is 45.3 Å². The normalized spacial score (nSPS) is 8.78. The molecule has 9 nitrogen and oxygen atoms in total. The molecular weight excluding hydrogens is 516 g/mol. The fourth-order valence-electron chi connectivity index (χ4n) is 2.33. The predicted molar refractivity (Wildman–Crippen MR) is 187 cm³/mol. The number of rotatable bonds is 12. The molecule has 1 amide bonds. The van der Waals surface area contributed by atoms with Crippen LogP contribution in [-0.4, -0.2) is 56.1 Å². The third-order valence-corrected chi connectivity index (χ3v) is 4.25. The highest BCUT2D eigenvalue weighted by molar-refractivity contribution is 5.73. The van der Waals surface area contributed by atoms with Crippen molar-refractivity contribution < 1.29 is 14.7 Å². The first kappa shape index (κ1) is 54.5. The fraction of sp³-hybridized carbons (Fsp3) is 0.688. The molecule has 9 heteroatoms. The maximum absolute atomic E-state index is 9.98. The SMILES string of the molecule is C=C/C=c1/c(NCCCC)c(N)[nH]c1=C.C=O.CC.CC.CC(C)CCO.CCCCC(N)=O.CCNCC.CN. The summed E-state index contributed by atoms with van der Waals surface area (Å²) < 4.78 is 0. The lowest BCUT2D eigenvalue weighted by Crippen LogP contribution is -2.23. The smallest absolute Gasteiger partial charge is 0.217 e. The number of carbonyl (C=O) groups is 2. The van der Waals surface area contributed by atoms with Crippen LogP contribution in [0.15, 0.2) is 12.7 Å². The van der Waals surface area contributed by atoms with Gasteiger partial charge in [0.15, 0.2) is 0 Å². The standard InChI is InChI=1S/C12H19N3.C5H11NO.C5H12O.C4H11N.2C2H6.CH5N.CH2O/c1-4-6-8-14-11-10(7-5-2)9(3)15-12(11)13;1-2-3-4-5(6)7;1-5(2)3-4-6;1-3-5-4-2;4*1-2/h5,7,14-15H,2-4,6,8,13H2,1H3;2-4H2,1H3,(H2,6,7);5-6H,3-4H2,1-2H3;5H,3-4H2,1-2H3;2*1-2H3;2H2,1H3;1H2/b10-7+;;;;;;;. The summed E-state index contributed by atoms with van der Waals surface area (Å²) in [4.78, 5) is 21.0. The van der Waals surface area contributed by atoms with Gasteiger partial charge >= 0.3 is 0 Å². The van der Waals surface area contributed by atoms with Crippen LogP contribution < -0.4 is 38.4 Å². The number of nitrogen functional groups attached to an aromatic ring is 1. The zero-order valence-corrected chi connectivity index (χ0v) is 28.9. The Labute approximate surface area is 254 Å². The van der Waals surface area contributed by atoms with Crippen molar-refractivity contribution in [2.75, 3.05) is 44.3 Å².